The Balaban J connectivity index is 2.31. The highest BCUT2D eigenvalue weighted by Gasteiger charge is 2.17. The van der Waals surface area contributed by atoms with E-state index in [-0.39, 0.29) is 0 Å². The summed E-state index contributed by atoms with van der Waals surface area (Å²) in [5.74, 6) is 1.44. The Morgan fingerprint density at radius 2 is 2.00 bits per heavy atom. The fraction of sp³-hybridized carbons (Fsp3) is 0.500. The van der Waals surface area contributed by atoms with Crippen molar-refractivity contribution < 1.29 is 14.6 Å². The molecule has 94 valence electrons. The van der Waals surface area contributed by atoms with Crippen LogP contribution in [0.3, 0.4) is 0 Å². The third-order valence-electron chi connectivity index (χ3n) is 2.62. The molecule has 4 nitrogen and oxygen atoms in total. The van der Waals surface area contributed by atoms with Gasteiger partial charge in [0.1, 0.15) is 0 Å². The van der Waals surface area contributed by atoms with Crippen LogP contribution in [0.15, 0.2) is 16.6 Å². The first-order valence-corrected chi connectivity index (χ1v) is 6.43. The number of aliphatic hydroxyl groups is 1. The standard InChI is InChI=1S/C12H16BrNO3/c1-14-7-10(15)8-5-11-12(6-9(8)13)17-4-2-3-16-11/h5-6,10,14-15H,2-4,7H2,1H3. The van der Waals surface area contributed by atoms with Gasteiger partial charge in [-0.3, -0.25) is 0 Å². The number of ether oxygens (including phenoxy) is 2. The fourth-order valence-electron chi connectivity index (χ4n) is 1.76. The third-order valence-corrected chi connectivity index (χ3v) is 3.31. The Morgan fingerprint density at radius 3 is 2.65 bits per heavy atom. The van der Waals surface area contributed by atoms with Crippen LogP contribution in [0.1, 0.15) is 18.1 Å². The number of nitrogens with one attached hydrogen (secondary N) is 1. The zero-order chi connectivity index (χ0) is 12.3. The van der Waals surface area contributed by atoms with E-state index in [0.717, 1.165) is 22.2 Å². The minimum atomic E-state index is -0.563. The lowest BCUT2D eigenvalue weighted by atomic mass is 10.1. The van der Waals surface area contributed by atoms with Gasteiger partial charge in [0.2, 0.25) is 0 Å². The minimum absolute atomic E-state index is 0.498. The van der Waals surface area contributed by atoms with Gasteiger partial charge in [-0.25, -0.2) is 0 Å². The fourth-order valence-corrected chi connectivity index (χ4v) is 2.34. The lowest BCUT2D eigenvalue weighted by molar-refractivity contribution is 0.176. The van der Waals surface area contributed by atoms with Gasteiger partial charge < -0.3 is 19.9 Å². The second kappa shape index (κ2) is 5.71. The zero-order valence-electron chi connectivity index (χ0n) is 9.70. The van der Waals surface area contributed by atoms with Crippen molar-refractivity contribution in [2.24, 2.45) is 0 Å². The van der Waals surface area contributed by atoms with Crippen LogP contribution in [-0.2, 0) is 0 Å². The highest BCUT2D eigenvalue weighted by atomic mass is 79.9. The van der Waals surface area contributed by atoms with E-state index >= 15 is 0 Å². The molecule has 0 bridgehead atoms. The Labute approximate surface area is 109 Å². The van der Waals surface area contributed by atoms with Crippen LogP contribution in [0.4, 0.5) is 0 Å². The third kappa shape index (κ3) is 2.91. The molecule has 5 heteroatoms. The summed E-state index contributed by atoms with van der Waals surface area (Å²) in [5, 5.41) is 12.9. The molecule has 1 unspecified atom stereocenters. The Hall–Kier alpha value is -0.780. The molecule has 0 spiro atoms. The summed E-state index contributed by atoms with van der Waals surface area (Å²) in [4.78, 5) is 0. The molecule has 1 aromatic rings. The first-order valence-electron chi connectivity index (χ1n) is 5.64. The molecule has 1 aliphatic rings. The number of hydrogen-bond acceptors (Lipinski definition) is 4. The van der Waals surface area contributed by atoms with E-state index in [2.05, 4.69) is 21.2 Å². The van der Waals surface area contributed by atoms with Gasteiger partial charge in [-0.1, -0.05) is 15.9 Å². The van der Waals surface area contributed by atoms with Crippen molar-refractivity contribution in [3.8, 4) is 11.5 Å². The van der Waals surface area contributed by atoms with E-state index in [0.29, 0.717) is 25.5 Å². The van der Waals surface area contributed by atoms with Gasteiger partial charge in [0.25, 0.3) is 0 Å². The number of halogens is 1. The van der Waals surface area contributed by atoms with E-state index in [1.54, 1.807) is 7.05 Å². The summed E-state index contributed by atoms with van der Waals surface area (Å²) in [6.45, 7) is 1.81. The predicted molar refractivity (Wildman–Crippen MR) is 68.6 cm³/mol. The summed E-state index contributed by atoms with van der Waals surface area (Å²) >= 11 is 3.45. The van der Waals surface area contributed by atoms with Gasteiger partial charge in [0.05, 0.1) is 19.3 Å². The van der Waals surface area contributed by atoms with E-state index < -0.39 is 6.10 Å². The van der Waals surface area contributed by atoms with Gasteiger partial charge in [-0.15, -0.1) is 0 Å². The molecule has 0 aliphatic carbocycles. The number of hydrogen-bond donors (Lipinski definition) is 2. The number of rotatable bonds is 3. The molecule has 0 fully saturated rings. The summed E-state index contributed by atoms with van der Waals surface area (Å²) < 4.78 is 12.0. The minimum Gasteiger partial charge on any atom is -0.490 e. The van der Waals surface area contributed by atoms with Gasteiger partial charge in [-0.05, 0) is 24.7 Å². The normalized spacial score (nSPS) is 16.4. The molecular formula is C12H16BrNO3. The maximum absolute atomic E-state index is 9.98. The van der Waals surface area contributed by atoms with Gasteiger partial charge >= 0.3 is 0 Å². The quantitative estimate of drug-likeness (QED) is 0.895. The molecule has 1 aliphatic heterocycles. The molecule has 2 rings (SSSR count). The molecule has 0 saturated heterocycles. The number of benzene rings is 1. The SMILES string of the molecule is CNCC(O)c1cc2c(cc1Br)OCCCO2. The van der Waals surface area contributed by atoms with E-state index in [4.69, 9.17) is 9.47 Å². The maximum Gasteiger partial charge on any atom is 0.162 e. The number of likely N-dealkylation sites (N-methyl/N-ethyl adjacent to an activating group) is 1. The Kier molecular flexibility index (Phi) is 4.25. The summed E-state index contributed by atoms with van der Waals surface area (Å²) in [5.41, 5.74) is 0.809. The van der Waals surface area contributed by atoms with Crippen LogP contribution in [0, 0.1) is 0 Å². The summed E-state index contributed by atoms with van der Waals surface area (Å²) in [6, 6.07) is 3.70. The van der Waals surface area contributed by atoms with E-state index in [1.165, 1.54) is 0 Å². The Morgan fingerprint density at radius 1 is 1.35 bits per heavy atom. The van der Waals surface area contributed by atoms with Crippen LogP contribution in [-0.4, -0.2) is 31.9 Å². The molecule has 0 amide bonds. The van der Waals surface area contributed by atoms with Crippen molar-refractivity contribution in [3.05, 3.63) is 22.2 Å². The molecule has 17 heavy (non-hydrogen) atoms. The van der Waals surface area contributed by atoms with E-state index in [9.17, 15) is 5.11 Å². The van der Waals surface area contributed by atoms with Gasteiger partial charge in [0.15, 0.2) is 11.5 Å². The van der Waals surface area contributed by atoms with Gasteiger partial charge in [0, 0.05) is 17.4 Å². The van der Waals surface area contributed by atoms with Crippen molar-refractivity contribution in [3.63, 3.8) is 0 Å². The van der Waals surface area contributed by atoms with Crippen LogP contribution in [0.2, 0.25) is 0 Å². The van der Waals surface area contributed by atoms with Gasteiger partial charge in [-0.2, -0.15) is 0 Å². The number of aliphatic hydroxyl groups excluding tert-OH is 1. The van der Waals surface area contributed by atoms with Crippen LogP contribution >= 0.6 is 15.9 Å². The average Bonchev–Trinajstić information content (AvgIpc) is 2.52. The molecule has 1 aromatic carbocycles. The predicted octanol–water partition coefficient (Wildman–Crippen LogP) is 1.86. The Bertz CT molecular complexity index is 398. The first kappa shape index (κ1) is 12.7. The smallest absolute Gasteiger partial charge is 0.162 e. The first-order chi connectivity index (χ1) is 8.22. The molecule has 2 N–H and O–H groups in total. The monoisotopic (exact) mass is 301 g/mol. The molecule has 1 atom stereocenters. The average molecular weight is 302 g/mol. The zero-order valence-corrected chi connectivity index (χ0v) is 11.3. The van der Waals surface area contributed by atoms with Crippen molar-refractivity contribution in [1.82, 2.24) is 5.32 Å². The highest BCUT2D eigenvalue weighted by molar-refractivity contribution is 9.10. The van der Waals surface area contributed by atoms with Crippen molar-refractivity contribution in [1.29, 1.82) is 0 Å². The second-order valence-corrected chi connectivity index (χ2v) is 4.80. The largest absolute Gasteiger partial charge is 0.490 e. The van der Waals surface area contributed by atoms with E-state index in [1.807, 2.05) is 12.1 Å². The topological polar surface area (TPSA) is 50.7 Å². The summed E-state index contributed by atoms with van der Waals surface area (Å²) in [7, 11) is 1.81. The lowest BCUT2D eigenvalue weighted by Crippen LogP contribution is -2.17. The highest BCUT2D eigenvalue weighted by Crippen LogP contribution is 2.37. The van der Waals surface area contributed by atoms with Crippen LogP contribution in [0.5, 0.6) is 11.5 Å². The van der Waals surface area contributed by atoms with Crippen molar-refractivity contribution >= 4 is 15.9 Å². The van der Waals surface area contributed by atoms with Crippen molar-refractivity contribution in [2.45, 2.75) is 12.5 Å². The second-order valence-electron chi connectivity index (χ2n) is 3.94. The van der Waals surface area contributed by atoms with Crippen molar-refractivity contribution in [2.75, 3.05) is 26.8 Å². The molecule has 0 radical (unpaired) electrons. The molecule has 0 aromatic heterocycles. The number of fused-ring (bicyclic) bond motifs is 1. The summed E-state index contributed by atoms with van der Waals surface area (Å²) in [6.07, 6.45) is 0.312. The molecular weight excluding hydrogens is 286 g/mol. The lowest BCUT2D eigenvalue weighted by Gasteiger charge is -2.15. The molecule has 0 saturated carbocycles. The molecule has 1 heterocycles. The maximum atomic E-state index is 9.98. The van der Waals surface area contributed by atoms with Crippen LogP contribution in [0.25, 0.3) is 0 Å². The van der Waals surface area contributed by atoms with Crippen LogP contribution < -0.4 is 14.8 Å².